The van der Waals surface area contributed by atoms with Gasteiger partial charge in [-0.05, 0) is 24.3 Å². The summed E-state index contributed by atoms with van der Waals surface area (Å²) in [5, 5.41) is 10.4. The van der Waals surface area contributed by atoms with Crippen LogP contribution in [-0.4, -0.2) is 31.8 Å². The fraction of sp³-hybridized carbons (Fsp3) is 0.300. The zero-order valence-electron chi connectivity index (χ0n) is 9.09. The maximum Gasteiger partial charge on any atom is 0.243 e. The van der Waals surface area contributed by atoms with E-state index >= 15 is 0 Å². The number of benzene rings is 1. The Morgan fingerprint density at radius 1 is 1.35 bits per heavy atom. The van der Waals surface area contributed by atoms with Gasteiger partial charge < -0.3 is 9.90 Å². The topological polar surface area (TPSA) is 77.5 Å². The third kappa shape index (κ3) is 3.24. The molecule has 1 aromatic rings. The number of carbonyl (C=O) groups is 1. The molecule has 0 spiro atoms. The van der Waals surface area contributed by atoms with Crippen LogP contribution >= 0.6 is 0 Å². The molecule has 0 N–H and O–H groups in total. The molecule has 1 aromatic carbocycles. The molecule has 0 amide bonds. The molecule has 1 rings (SSSR count). The lowest BCUT2D eigenvalue weighted by atomic mass is 10.4. The van der Waals surface area contributed by atoms with Gasteiger partial charge in [0.1, 0.15) is 5.82 Å². The SMILES string of the molecule is CCN(CC(=O)[O-])S(=O)(=O)c1ccc(F)cc1. The molecule has 0 aliphatic rings. The first-order valence-electron chi connectivity index (χ1n) is 4.83. The van der Waals surface area contributed by atoms with E-state index in [1.54, 1.807) is 0 Å². The first kappa shape index (κ1) is 13.6. The first-order chi connectivity index (χ1) is 7.87. The van der Waals surface area contributed by atoms with E-state index in [0.29, 0.717) is 0 Å². The summed E-state index contributed by atoms with van der Waals surface area (Å²) in [5.74, 6) is -2.05. The van der Waals surface area contributed by atoms with Crippen molar-refractivity contribution in [3.05, 3.63) is 30.1 Å². The van der Waals surface area contributed by atoms with Crippen LogP contribution in [0.1, 0.15) is 6.92 Å². The van der Waals surface area contributed by atoms with Crippen molar-refractivity contribution < 1.29 is 22.7 Å². The molecule has 0 aliphatic carbocycles. The number of hydrogen-bond donors (Lipinski definition) is 0. The van der Waals surface area contributed by atoms with Crippen molar-refractivity contribution in [2.45, 2.75) is 11.8 Å². The maximum absolute atomic E-state index is 12.7. The van der Waals surface area contributed by atoms with Crippen molar-refractivity contribution in [2.75, 3.05) is 13.1 Å². The minimum Gasteiger partial charge on any atom is -0.549 e. The fourth-order valence-corrected chi connectivity index (χ4v) is 2.66. The van der Waals surface area contributed by atoms with Crippen molar-refractivity contribution >= 4 is 16.0 Å². The first-order valence-corrected chi connectivity index (χ1v) is 6.27. The van der Waals surface area contributed by atoms with Gasteiger partial charge in [-0.1, -0.05) is 6.92 Å². The normalized spacial score (nSPS) is 11.7. The fourth-order valence-electron chi connectivity index (χ4n) is 1.27. The zero-order valence-corrected chi connectivity index (χ0v) is 9.91. The number of nitrogens with zero attached hydrogens (tertiary/aromatic N) is 1. The van der Waals surface area contributed by atoms with Crippen LogP contribution < -0.4 is 5.11 Å². The summed E-state index contributed by atoms with van der Waals surface area (Å²) in [6.07, 6.45) is 0. The van der Waals surface area contributed by atoms with Crippen LogP contribution in [0.4, 0.5) is 4.39 Å². The molecular weight excluding hydrogens is 249 g/mol. The minimum atomic E-state index is -3.92. The standard InChI is InChI=1S/C10H12FNO4S/c1-2-12(7-10(13)14)17(15,16)9-5-3-8(11)4-6-9/h3-6H,2,7H2,1H3,(H,13,14)/p-1. The molecule has 0 radical (unpaired) electrons. The molecule has 0 heterocycles. The molecule has 17 heavy (non-hydrogen) atoms. The predicted molar refractivity (Wildman–Crippen MR) is 55.8 cm³/mol. The molecule has 0 unspecified atom stereocenters. The van der Waals surface area contributed by atoms with E-state index < -0.39 is 28.4 Å². The lowest BCUT2D eigenvalue weighted by Gasteiger charge is -2.20. The maximum atomic E-state index is 12.7. The average molecular weight is 260 g/mol. The van der Waals surface area contributed by atoms with Gasteiger partial charge in [0.25, 0.3) is 0 Å². The summed E-state index contributed by atoms with van der Waals surface area (Å²) >= 11 is 0. The van der Waals surface area contributed by atoms with Gasteiger partial charge in [-0.2, -0.15) is 4.31 Å². The average Bonchev–Trinajstić information content (AvgIpc) is 2.26. The van der Waals surface area contributed by atoms with E-state index in [9.17, 15) is 22.7 Å². The Hall–Kier alpha value is -1.47. The predicted octanol–water partition coefficient (Wildman–Crippen LogP) is -0.414. The second-order valence-electron chi connectivity index (χ2n) is 3.26. The number of rotatable bonds is 5. The molecular formula is C10H11FNO4S-. The minimum absolute atomic E-state index is 0.00626. The molecule has 0 aromatic heterocycles. The Kier molecular flexibility index (Phi) is 4.19. The molecule has 94 valence electrons. The summed E-state index contributed by atoms with van der Waals surface area (Å²) < 4.78 is 37.2. The molecule has 0 saturated heterocycles. The van der Waals surface area contributed by atoms with E-state index in [-0.39, 0.29) is 11.4 Å². The van der Waals surface area contributed by atoms with Gasteiger partial charge in [0.05, 0.1) is 17.4 Å². The second kappa shape index (κ2) is 5.24. The van der Waals surface area contributed by atoms with E-state index in [4.69, 9.17) is 0 Å². The molecule has 0 saturated carbocycles. The van der Waals surface area contributed by atoms with E-state index in [2.05, 4.69) is 0 Å². The van der Waals surface area contributed by atoms with Crippen LogP contribution in [0, 0.1) is 5.82 Å². The van der Waals surface area contributed by atoms with Crippen LogP contribution in [0.3, 0.4) is 0 Å². The zero-order chi connectivity index (χ0) is 13.1. The van der Waals surface area contributed by atoms with Crippen LogP contribution in [0.25, 0.3) is 0 Å². The molecule has 0 atom stereocenters. The van der Waals surface area contributed by atoms with Crippen molar-refractivity contribution in [2.24, 2.45) is 0 Å². The van der Waals surface area contributed by atoms with Crippen molar-refractivity contribution in [3.63, 3.8) is 0 Å². The molecule has 5 nitrogen and oxygen atoms in total. The van der Waals surface area contributed by atoms with Crippen LogP contribution in [-0.2, 0) is 14.8 Å². The van der Waals surface area contributed by atoms with Gasteiger partial charge in [-0.25, -0.2) is 12.8 Å². The van der Waals surface area contributed by atoms with Gasteiger partial charge in [-0.3, -0.25) is 0 Å². The Bertz CT molecular complexity index is 498. The third-order valence-electron chi connectivity index (χ3n) is 2.11. The highest BCUT2D eigenvalue weighted by Gasteiger charge is 2.22. The molecule has 0 bridgehead atoms. The Labute approximate surface area is 98.5 Å². The summed E-state index contributed by atoms with van der Waals surface area (Å²) in [6, 6.07) is 4.17. The van der Waals surface area contributed by atoms with Crippen molar-refractivity contribution in [1.29, 1.82) is 0 Å². The number of sulfonamides is 1. The van der Waals surface area contributed by atoms with Gasteiger partial charge in [0, 0.05) is 6.54 Å². The highest BCUT2D eigenvalue weighted by Crippen LogP contribution is 2.15. The lowest BCUT2D eigenvalue weighted by molar-refractivity contribution is -0.305. The van der Waals surface area contributed by atoms with E-state index in [0.717, 1.165) is 28.6 Å². The largest absolute Gasteiger partial charge is 0.549 e. The van der Waals surface area contributed by atoms with Crippen molar-refractivity contribution in [1.82, 2.24) is 4.31 Å². The Morgan fingerprint density at radius 2 is 1.88 bits per heavy atom. The molecule has 0 aliphatic heterocycles. The highest BCUT2D eigenvalue weighted by molar-refractivity contribution is 7.89. The van der Waals surface area contributed by atoms with Crippen LogP contribution in [0.5, 0.6) is 0 Å². The summed E-state index contributed by atoms with van der Waals surface area (Å²) in [4.78, 5) is 10.3. The number of aliphatic carboxylic acids is 1. The van der Waals surface area contributed by atoms with Gasteiger partial charge >= 0.3 is 0 Å². The number of likely N-dealkylation sites (N-methyl/N-ethyl adjacent to an activating group) is 1. The second-order valence-corrected chi connectivity index (χ2v) is 5.20. The monoisotopic (exact) mass is 260 g/mol. The number of carboxylic acids is 1. The Morgan fingerprint density at radius 3 is 2.29 bits per heavy atom. The molecule has 7 heteroatoms. The number of carboxylic acid groups (broad SMARTS) is 1. The van der Waals surface area contributed by atoms with Gasteiger partial charge in [-0.15, -0.1) is 0 Å². The van der Waals surface area contributed by atoms with Crippen molar-refractivity contribution in [3.8, 4) is 0 Å². The third-order valence-corrected chi connectivity index (χ3v) is 4.04. The van der Waals surface area contributed by atoms with Crippen LogP contribution in [0.2, 0.25) is 0 Å². The van der Waals surface area contributed by atoms with Gasteiger partial charge in [0.15, 0.2) is 0 Å². The smallest absolute Gasteiger partial charge is 0.243 e. The quantitative estimate of drug-likeness (QED) is 0.721. The van der Waals surface area contributed by atoms with Gasteiger partial charge in [0.2, 0.25) is 10.0 Å². The number of halogens is 1. The molecule has 0 fully saturated rings. The van der Waals surface area contributed by atoms with Crippen LogP contribution in [0.15, 0.2) is 29.2 Å². The highest BCUT2D eigenvalue weighted by atomic mass is 32.2. The lowest BCUT2D eigenvalue weighted by Crippen LogP contribution is -2.41. The Balaban J connectivity index is 3.08. The number of hydrogen-bond acceptors (Lipinski definition) is 4. The summed E-state index contributed by atoms with van der Waals surface area (Å²) in [6.45, 7) is 0.772. The summed E-state index contributed by atoms with van der Waals surface area (Å²) in [7, 11) is -3.92. The summed E-state index contributed by atoms with van der Waals surface area (Å²) in [5.41, 5.74) is 0. The number of carbonyl (C=O) groups excluding carboxylic acids is 1. The van der Waals surface area contributed by atoms with E-state index in [1.807, 2.05) is 0 Å². The van der Waals surface area contributed by atoms with E-state index in [1.165, 1.54) is 6.92 Å².